The van der Waals surface area contributed by atoms with Crippen molar-refractivity contribution in [2.75, 3.05) is 31.1 Å². The molecule has 3 aromatic heterocycles. The Labute approximate surface area is 201 Å². The van der Waals surface area contributed by atoms with Gasteiger partial charge in [0.1, 0.15) is 0 Å². The maximum Gasteiger partial charge on any atom is 0.227 e. The van der Waals surface area contributed by atoms with E-state index in [0.717, 1.165) is 44.3 Å². The molecule has 170 valence electrons. The topological polar surface area (TPSA) is 66.6 Å². The highest BCUT2D eigenvalue weighted by atomic mass is 32.1. The van der Waals surface area contributed by atoms with Gasteiger partial charge in [-0.2, -0.15) is 0 Å². The van der Waals surface area contributed by atoms with E-state index in [4.69, 9.17) is 4.98 Å². The molecule has 1 amide bonds. The van der Waals surface area contributed by atoms with Crippen molar-refractivity contribution in [3.05, 3.63) is 76.5 Å². The van der Waals surface area contributed by atoms with Crippen molar-refractivity contribution in [2.24, 2.45) is 0 Å². The van der Waals surface area contributed by atoms with Gasteiger partial charge in [-0.1, -0.05) is 42.5 Å². The van der Waals surface area contributed by atoms with E-state index >= 15 is 0 Å². The second kappa shape index (κ2) is 8.53. The number of nitrogens with zero attached hydrogens (tertiary/aromatic N) is 6. The SMILES string of the molecule is Cc1ccccc1-c1nnc2c3ccccc3nc(N3CCN(C(=O)Cc4cccs4)CC3)n12. The number of anilines is 1. The summed E-state index contributed by atoms with van der Waals surface area (Å²) in [5.41, 5.74) is 3.87. The summed E-state index contributed by atoms with van der Waals surface area (Å²) in [5.74, 6) is 1.79. The van der Waals surface area contributed by atoms with Crippen molar-refractivity contribution < 1.29 is 4.79 Å². The molecule has 0 saturated carbocycles. The Morgan fingerprint density at radius 1 is 0.941 bits per heavy atom. The number of hydrogen-bond acceptors (Lipinski definition) is 6. The van der Waals surface area contributed by atoms with Gasteiger partial charge in [0.25, 0.3) is 0 Å². The van der Waals surface area contributed by atoms with Gasteiger partial charge in [0, 0.05) is 42.0 Å². The van der Waals surface area contributed by atoms with Crippen molar-refractivity contribution in [1.29, 1.82) is 0 Å². The normalized spacial score (nSPS) is 14.3. The summed E-state index contributed by atoms with van der Waals surface area (Å²) in [5, 5.41) is 12.2. The molecule has 34 heavy (non-hydrogen) atoms. The zero-order chi connectivity index (χ0) is 23.1. The molecule has 0 aliphatic carbocycles. The predicted octanol–water partition coefficient (Wildman–Crippen LogP) is 4.21. The van der Waals surface area contributed by atoms with Crippen LogP contribution in [-0.4, -0.2) is 56.6 Å². The summed E-state index contributed by atoms with van der Waals surface area (Å²) in [4.78, 5) is 23.2. The highest BCUT2D eigenvalue weighted by molar-refractivity contribution is 7.10. The molecule has 2 aromatic carbocycles. The zero-order valence-corrected chi connectivity index (χ0v) is 19.7. The van der Waals surface area contributed by atoms with Gasteiger partial charge in [0.05, 0.1) is 11.9 Å². The van der Waals surface area contributed by atoms with Crippen molar-refractivity contribution >= 4 is 39.7 Å². The minimum absolute atomic E-state index is 0.184. The number of aromatic nitrogens is 4. The number of piperazine rings is 1. The average Bonchev–Trinajstić information content (AvgIpc) is 3.54. The minimum Gasteiger partial charge on any atom is -0.339 e. The van der Waals surface area contributed by atoms with Gasteiger partial charge >= 0.3 is 0 Å². The van der Waals surface area contributed by atoms with Crippen molar-refractivity contribution in [2.45, 2.75) is 13.3 Å². The Hall–Kier alpha value is -3.78. The first kappa shape index (κ1) is 20.8. The Morgan fingerprint density at radius 2 is 1.74 bits per heavy atom. The second-order valence-corrected chi connectivity index (χ2v) is 9.58. The lowest BCUT2D eigenvalue weighted by atomic mass is 10.1. The number of rotatable bonds is 4. The number of hydrogen-bond donors (Lipinski definition) is 0. The largest absolute Gasteiger partial charge is 0.339 e. The van der Waals surface area contributed by atoms with Crippen LogP contribution >= 0.6 is 11.3 Å². The summed E-state index contributed by atoms with van der Waals surface area (Å²) in [7, 11) is 0. The standard InChI is InChI=1S/C26H24N6OS/c1-18-7-2-3-9-20(18)24-28-29-25-21-10-4-5-11-22(21)27-26(32(24)25)31-14-12-30(13-15-31)23(33)17-19-8-6-16-34-19/h2-11,16H,12-15,17H2,1H3. The lowest BCUT2D eigenvalue weighted by molar-refractivity contribution is -0.130. The number of para-hydroxylation sites is 1. The van der Waals surface area contributed by atoms with Gasteiger partial charge in [-0.05, 0) is 36.1 Å². The first-order valence-corrected chi connectivity index (χ1v) is 12.3. The molecule has 0 N–H and O–H groups in total. The van der Waals surface area contributed by atoms with E-state index in [1.54, 1.807) is 11.3 Å². The maximum absolute atomic E-state index is 12.8. The fraction of sp³-hybridized carbons (Fsp3) is 0.231. The van der Waals surface area contributed by atoms with E-state index in [0.29, 0.717) is 32.6 Å². The van der Waals surface area contributed by atoms with E-state index in [1.165, 1.54) is 0 Å². The molecule has 7 nitrogen and oxygen atoms in total. The summed E-state index contributed by atoms with van der Waals surface area (Å²) >= 11 is 1.63. The van der Waals surface area contributed by atoms with Gasteiger partial charge in [-0.25, -0.2) is 9.38 Å². The van der Waals surface area contributed by atoms with Crippen LogP contribution in [0.3, 0.4) is 0 Å². The Balaban J connectivity index is 1.37. The maximum atomic E-state index is 12.8. The van der Waals surface area contributed by atoms with Crippen LogP contribution in [0.5, 0.6) is 0 Å². The third-order valence-corrected chi connectivity index (χ3v) is 7.31. The summed E-state index contributed by atoms with van der Waals surface area (Å²) in [6, 6.07) is 20.3. The van der Waals surface area contributed by atoms with Crippen molar-refractivity contribution in [1.82, 2.24) is 24.5 Å². The predicted molar refractivity (Wildman–Crippen MR) is 135 cm³/mol. The molecule has 1 aliphatic heterocycles. The van der Waals surface area contributed by atoms with Crippen molar-refractivity contribution in [3.8, 4) is 11.4 Å². The van der Waals surface area contributed by atoms with Gasteiger partial charge < -0.3 is 9.80 Å². The van der Waals surface area contributed by atoms with Crippen LogP contribution < -0.4 is 4.90 Å². The lowest BCUT2D eigenvalue weighted by Crippen LogP contribution is -2.49. The van der Waals surface area contributed by atoms with E-state index in [2.05, 4.69) is 38.6 Å². The first-order valence-electron chi connectivity index (χ1n) is 11.4. The summed E-state index contributed by atoms with van der Waals surface area (Å²) < 4.78 is 2.08. The number of benzene rings is 2. The number of fused-ring (bicyclic) bond motifs is 3. The molecular formula is C26H24N6OS. The second-order valence-electron chi connectivity index (χ2n) is 8.55. The number of aryl methyl sites for hydroxylation is 1. The van der Waals surface area contributed by atoms with E-state index < -0.39 is 0 Å². The molecular weight excluding hydrogens is 444 g/mol. The fourth-order valence-corrected chi connectivity index (χ4v) is 5.30. The molecule has 0 bridgehead atoms. The van der Waals surface area contributed by atoms with E-state index in [-0.39, 0.29) is 5.91 Å². The average molecular weight is 469 g/mol. The number of amides is 1. The number of carbonyl (C=O) groups excluding carboxylic acids is 1. The summed E-state index contributed by atoms with van der Waals surface area (Å²) in [6.45, 7) is 4.84. The molecule has 1 saturated heterocycles. The van der Waals surface area contributed by atoms with Crippen LogP contribution in [0.1, 0.15) is 10.4 Å². The molecule has 4 heterocycles. The van der Waals surface area contributed by atoms with Crippen LogP contribution in [0.15, 0.2) is 66.0 Å². The van der Waals surface area contributed by atoms with Crippen LogP contribution in [0.25, 0.3) is 27.9 Å². The van der Waals surface area contributed by atoms with E-state index in [9.17, 15) is 4.79 Å². The quantitative estimate of drug-likeness (QED) is 0.395. The highest BCUT2D eigenvalue weighted by Gasteiger charge is 2.26. The van der Waals surface area contributed by atoms with Crippen LogP contribution in [0, 0.1) is 6.92 Å². The van der Waals surface area contributed by atoms with Crippen molar-refractivity contribution in [3.63, 3.8) is 0 Å². The monoisotopic (exact) mass is 468 g/mol. The fourth-order valence-electron chi connectivity index (χ4n) is 4.61. The summed E-state index contributed by atoms with van der Waals surface area (Å²) in [6.07, 6.45) is 0.471. The molecule has 8 heteroatoms. The van der Waals surface area contributed by atoms with Gasteiger partial charge in [0.15, 0.2) is 11.5 Å². The van der Waals surface area contributed by atoms with Gasteiger partial charge in [-0.15, -0.1) is 21.5 Å². The van der Waals surface area contributed by atoms with Gasteiger partial charge in [0.2, 0.25) is 11.9 Å². The molecule has 5 aromatic rings. The molecule has 0 atom stereocenters. The molecule has 0 unspecified atom stereocenters. The number of carbonyl (C=O) groups is 1. The highest BCUT2D eigenvalue weighted by Crippen LogP contribution is 2.30. The molecule has 1 aliphatic rings. The zero-order valence-electron chi connectivity index (χ0n) is 18.9. The Morgan fingerprint density at radius 3 is 2.53 bits per heavy atom. The third-order valence-electron chi connectivity index (χ3n) is 6.44. The third kappa shape index (κ3) is 3.60. The van der Waals surface area contributed by atoms with Crippen LogP contribution in [0.4, 0.5) is 5.95 Å². The molecule has 0 radical (unpaired) electrons. The van der Waals surface area contributed by atoms with E-state index in [1.807, 2.05) is 58.8 Å². The molecule has 1 fully saturated rings. The van der Waals surface area contributed by atoms with Crippen LogP contribution in [0.2, 0.25) is 0 Å². The smallest absolute Gasteiger partial charge is 0.227 e. The lowest BCUT2D eigenvalue weighted by Gasteiger charge is -2.35. The molecule has 0 spiro atoms. The number of thiophene rings is 1. The van der Waals surface area contributed by atoms with Gasteiger partial charge in [-0.3, -0.25) is 4.79 Å². The first-order chi connectivity index (χ1) is 16.7. The Bertz CT molecular complexity index is 1480. The Kier molecular flexibility index (Phi) is 5.22. The van der Waals surface area contributed by atoms with Crippen LogP contribution in [-0.2, 0) is 11.2 Å². The minimum atomic E-state index is 0.184. The molecule has 6 rings (SSSR count).